The molecule has 0 aliphatic carbocycles. The summed E-state index contributed by atoms with van der Waals surface area (Å²) in [6.45, 7) is -2.78. The summed E-state index contributed by atoms with van der Waals surface area (Å²) in [6.07, 6.45) is 0.633. The van der Waals surface area contributed by atoms with E-state index >= 15 is 0 Å². The van der Waals surface area contributed by atoms with Crippen LogP contribution in [-0.2, 0) is 13.0 Å². The van der Waals surface area contributed by atoms with E-state index in [4.69, 9.17) is 4.74 Å². The van der Waals surface area contributed by atoms with Crippen molar-refractivity contribution in [3.63, 3.8) is 0 Å². The lowest BCUT2D eigenvalue weighted by Crippen LogP contribution is -2.26. The Balaban J connectivity index is 1.76. The number of halogens is 2. The van der Waals surface area contributed by atoms with Gasteiger partial charge in [-0.05, 0) is 47.4 Å². The van der Waals surface area contributed by atoms with Crippen molar-refractivity contribution in [2.75, 3.05) is 14.2 Å². The highest BCUT2D eigenvalue weighted by Crippen LogP contribution is 2.30. The van der Waals surface area contributed by atoms with E-state index in [0.717, 1.165) is 11.1 Å². The fourth-order valence-electron chi connectivity index (χ4n) is 3.25. The number of hydrogen-bond acceptors (Lipinski definition) is 4. The summed E-state index contributed by atoms with van der Waals surface area (Å²) in [5.41, 5.74) is 2.85. The first-order valence-electron chi connectivity index (χ1n) is 9.60. The highest BCUT2D eigenvalue weighted by molar-refractivity contribution is 5.96. The van der Waals surface area contributed by atoms with Gasteiger partial charge in [0, 0.05) is 13.6 Å². The van der Waals surface area contributed by atoms with Crippen LogP contribution in [0.3, 0.4) is 0 Å². The average molecular weight is 427 g/mol. The number of nitrogens with zero attached hydrogens (tertiary/aromatic N) is 1. The minimum absolute atomic E-state index is 0.0820. The van der Waals surface area contributed by atoms with Crippen molar-refractivity contribution in [2.24, 2.45) is 0 Å². The van der Waals surface area contributed by atoms with E-state index < -0.39 is 6.61 Å². The van der Waals surface area contributed by atoms with E-state index in [9.17, 15) is 18.7 Å². The van der Waals surface area contributed by atoms with Gasteiger partial charge in [0.25, 0.3) is 5.91 Å². The first kappa shape index (κ1) is 22.1. The predicted octanol–water partition coefficient (Wildman–Crippen LogP) is 4.87. The summed E-state index contributed by atoms with van der Waals surface area (Å²) < 4.78 is 34.5. The Labute approximate surface area is 179 Å². The molecule has 31 heavy (non-hydrogen) atoms. The van der Waals surface area contributed by atoms with E-state index in [0.29, 0.717) is 12.0 Å². The molecule has 0 aliphatic heterocycles. The lowest BCUT2D eigenvalue weighted by molar-refractivity contribution is -0.0512. The van der Waals surface area contributed by atoms with E-state index in [1.165, 1.54) is 30.2 Å². The lowest BCUT2D eigenvalue weighted by Gasteiger charge is -2.19. The van der Waals surface area contributed by atoms with Gasteiger partial charge in [0.05, 0.1) is 12.7 Å². The fraction of sp³-hybridized carbons (Fsp3) is 0.208. The van der Waals surface area contributed by atoms with Crippen LogP contribution in [0.4, 0.5) is 8.78 Å². The number of hydrogen-bond donors (Lipinski definition) is 1. The number of phenolic OH excluding ortho intramolecular Hbond substituents is 1. The number of amides is 1. The first-order chi connectivity index (χ1) is 14.9. The molecular formula is C24H23F2NO4. The molecule has 0 radical (unpaired) electrons. The van der Waals surface area contributed by atoms with Crippen LogP contribution in [0.25, 0.3) is 0 Å². The number of rotatable bonds is 8. The van der Waals surface area contributed by atoms with Crippen molar-refractivity contribution in [3.8, 4) is 17.2 Å². The second-order valence-electron chi connectivity index (χ2n) is 7.04. The van der Waals surface area contributed by atoms with Gasteiger partial charge >= 0.3 is 6.61 Å². The molecule has 7 heteroatoms. The van der Waals surface area contributed by atoms with Gasteiger partial charge in [-0.25, -0.2) is 0 Å². The second kappa shape index (κ2) is 9.93. The third-order valence-corrected chi connectivity index (χ3v) is 4.75. The zero-order chi connectivity index (χ0) is 22.4. The molecule has 0 saturated carbocycles. The smallest absolute Gasteiger partial charge is 0.387 e. The van der Waals surface area contributed by atoms with E-state index in [1.807, 2.05) is 30.3 Å². The normalized spacial score (nSPS) is 10.7. The van der Waals surface area contributed by atoms with Crippen LogP contribution in [0, 0.1) is 0 Å². The summed E-state index contributed by atoms with van der Waals surface area (Å²) in [4.78, 5) is 14.4. The average Bonchev–Trinajstić information content (AvgIpc) is 2.76. The molecule has 0 unspecified atom stereocenters. The molecule has 0 atom stereocenters. The zero-order valence-electron chi connectivity index (χ0n) is 17.2. The Kier molecular flexibility index (Phi) is 7.07. The monoisotopic (exact) mass is 427 g/mol. The van der Waals surface area contributed by atoms with Crippen molar-refractivity contribution in [3.05, 3.63) is 89.0 Å². The highest BCUT2D eigenvalue weighted by Gasteiger charge is 2.18. The van der Waals surface area contributed by atoms with Gasteiger partial charge in [0.15, 0.2) is 11.5 Å². The molecule has 0 bridgehead atoms. The third kappa shape index (κ3) is 5.72. The molecule has 0 spiro atoms. The number of ether oxygens (including phenoxy) is 2. The molecular weight excluding hydrogens is 404 g/mol. The molecule has 1 amide bonds. The van der Waals surface area contributed by atoms with Crippen LogP contribution in [-0.4, -0.2) is 36.7 Å². The van der Waals surface area contributed by atoms with Gasteiger partial charge in [0.1, 0.15) is 5.75 Å². The van der Waals surface area contributed by atoms with Crippen LogP contribution in [0.1, 0.15) is 27.0 Å². The topological polar surface area (TPSA) is 59.0 Å². The Morgan fingerprint density at radius 3 is 2.35 bits per heavy atom. The first-order valence-corrected chi connectivity index (χ1v) is 9.60. The Bertz CT molecular complexity index is 1040. The van der Waals surface area contributed by atoms with E-state index in [-0.39, 0.29) is 35.3 Å². The molecule has 0 heterocycles. The summed E-state index contributed by atoms with van der Waals surface area (Å²) in [5, 5.41) is 10.2. The van der Waals surface area contributed by atoms with Crippen molar-refractivity contribution in [1.82, 2.24) is 4.90 Å². The van der Waals surface area contributed by atoms with Gasteiger partial charge in [-0.3, -0.25) is 4.79 Å². The molecule has 0 fully saturated rings. The van der Waals surface area contributed by atoms with Crippen LogP contribution < -0.4 is 9.47 Å². The number of phenols is 1. The maximum Gasteiger partial charge on any atom is 0.387 e. The molecule has 162 valence electrons. The third-order valence-electron chi connectivity index (χ3n) is 4.75. The zero-order valence-corrected chi connectivity index (χ0v) is 17.2. The van der Waals surface area contributed by atoms with Gasteiger partial charge < -0.3 is 19.5 Å². The summed E-state index contributed by atoms with van der Waals surface area (Å²) in [6, 6.07) is 19.3. The second-order valence-corrected chi connectivity index (χ2v) is 7.04. The SMILES string of the molecule is COc1cc(CN(C)C(=O)c2cc(Cc3ccccc3)ccc2O)ccc1OC(F)F. The highest BCUT2D eigenvalue weighted by atomic mass is 19.3. The van der Waals surface area contributed by atoms with Gasteiger partial charge in [-0.15, -0.1) is 0 Å². The Morgan fingerprint density at radius 1 is 0.968 bits per heavy atom. The maximum absolute atomic E-state index is 13.0. The Morgan fingerprint density at radius 2 is 1.68 bits per heavy atom. The summed E-state index contributed by atoms with van der Waals surface area (Å²) in [5.74, 6) is -0.404. The minimum atomic E-state index is -2.96. The van der Waals surface area contributed by atoms with Crippen LogP contribution >= 0.6 is 0 Å². The van der Waals surface area contributed by atoms with Crippen LogP contribution in [0.5, 0.6) is 17.2 Å². The number of methoxy groups -OCH3 is 1. The van der Waals surface area contributed by atoms with E-state index in [2.05, 4.69) is 4.74 Å². The standard InChI is InChI=1S/C24H23F2NO4/c1-27(15-18-9-11-21(31-24(25)26)22(14-18)30-2)23(29)19-13-17(8-10-20(19)28)12-16-6-4-3-5-7-16/h3-11,13-14,24,28H,12,15H2,1-2H3. The molecule has 1 N–H and O–H groups in total. The molecule has 3 aromatic carbocycles. The van der Waals surface area contributed by atoms with E-state index in [1.54, 1.807) is 25.2 Å². The van der Waals surface area contributed by atoms with Crippen molar-refractivity contribution in [1.29, 1.82) is 0 Å². The number of carbonyl (C=O) groups excluding carboxylic acids is 1. The van der Waals surface area contributed by atoms with Crippen LogP contribution in [0.2, 0.25) is 0 Å². The number of alkyl halides is 2. The fourth-order valence-corrected chi connectivity index (χ4v) is 3.25. The molecule has 0 saturated heterocycles. The molecule has 0 aromatic heterocycles. The maximum atomic E-state index is 13.0. The quantitative estimate of drug-likeness (QED) is 0.558. The minimum Gasteiger partial charge on any atom is -0.507 e. The van der Waals surface area contributed by atoms with Gasteiger partial charge in [-0.2, -0.15) is 8.78 Å². The van der Waals surface area contributed by atoms with Crippen LogP contribution in [0.15, 0.2) is 66.7 Å². The summed E-state index contributed by atoms with van der Waals surface area (Å²) >= 11 is 0. The van der Waals surface area contributed by atoms with Gasteiger partial charge in [0.2, 0.25) is 0 Å². The molecule has 3 rings (SSSR count). The predicted molar refractivity (Wildman–Crippen MR) is 113 cm³/mol. The number of benzene rings is 3. The number of aromatic hydroxyl groups is 1. The van der Waals surface area contributed by atoms with Crippen molar-refractivity contribution >= 4 is 5.91 Å². The van der Waals surface area contributed by atoms with Crippen molar-refractivity contribution < 1.29 is 28.2 Å². The largest absolute Gasteiger partial charge is 0.507 e. The van der Waals surface area contributed by atoms with Crippen molar-refractivity contribution in [2.45, 2.75) is 19.6 Å². The summed E-state index contributed by atoms with van der Waals surface area (Å²) in [7, 11) is 2.95. The Hall–Kier alpha value is -3.61. The van der Waals surface area contributed by atoms with Gasteiger partial charge in [-0.1, -0.05) is 42.5 Å². The molecule has 0 aliphatic rings. The lowest BCUT2D eigenvalue weighted by atomic mass is 10.0. The number of carbonyl (C=O) groups is 1. The molecule has 5 nitrogen and oxygen atoms in total. The molecule has 3 aromatic rings.